The molecule has 2 N–H and O–H groups in total. The smallest absolute Gasteiger partial charge is 0.235 e. The molecule has 0 amide bonds. The van der Waals surface area contributed by atoms with Crippen LogP contribution in [0.1, 0.15) is 16.7 Å². The fraction of sp³-hybridized carbons (Fsp3) is 0.190. The Kier molecular flexibility index (Phi) is 6.13. The van der Waals surface area contributed by atoms with Crippen molar-refractivity contribution in [3.8, 4) is 5.88 Å². The first-order valence-corrected chi connectivity index (χ1v) is 8.97. The third-order valence-corrected chi connectivity index (χ3v) is 4.18. The Labute approximate surface area is 169 Å². The van der Waals surface area contributed by atoms with Gasteiger partial charge in [0.05, 0.1) is 19.0 Å². The number of allylic oxidation sites excluding steroid dienone is 1. The van der Waals surface area contributed by atoms with E-state index in [1.54, 1.807) is 18.5 Å². The van der Waals surface area contributed by atoms with Crippen LogP contribution < -0.4 is 15.4 Å². The van der Waals surface area contributed by atoms with Crippen LogP contribution in [0.15, 0.2) is 49.3 Å². The normalized spacial score (nSPS) is 10.3. The van der Waals surface area contributed by atoms with E-state index < -0.39 is 0 Å². The molecule has 1 aromatic carbocycles. The molecule has 3 rings (SSSR count). The molecule has 0 spiro atoms. The van der Waals surface area contributed by atoms with Crippen molar-refractivity contribution in [2.24, 2.45) is 0 Å². The predicted molar refractivity (Wildman–Crippen MR) is 112 cm³/mol. The monoisotopic (exact) mass is 390 g/mol. The first kappa shape index (κ1) is 19.9. The predicted octanol–water partition coefficient (Wildman–Crippen LogP) is 3.68. The highest BCUT2D eigenvalue weighted by atomic mass is 16.5. The molecular weight excluding hydrogens is 368 g/mol. The highest BCUT2D eigenvalue weighted by molar-refractivity contribution is 5.92. The van der Waals surface area contributed by atoms with E-state index >= 15 is 0 Å². The second-order valence-corrected chi connectivity index (χ2v) is 6.47. The van der Waals surface area contributed by atoms with Gasteiger partial charge in [0.25, 0.3) is 0 Å². The summed E-state index contributed by atoms with van der Waals surface area (Å²) in [6, 6.07) is 7.60. The number of carbonyl (C=O) groups excluding carboxylic acids is 1. The van der Waals surface area contributed by atoms with Crippen LogP contribution in [0.5, 0.6) is 5.88 Å². The second-order valence-electron chi connectivity index (χ2n) is 6.47. The number of nitrogens with one attached hydrogen (secondary N) is 2. The summed E-state index contributed by atoms with van der Waals surface area (Å²) < 4.78 is 5.08. The standard InChI is InChI=1S/C21H22N6O2/c1-5-17(28)9-15-8-13(2)6-7-18(15)25-20-14(3)11-22-21(26-20)24-16-10-19(29-4)27-23-12-16/h5-8,10-12H,1,9H2,2-4H3,(H2,22,24,25,26,27). The third kappa shape index (κ3) is 5.13. The van der Waals surface area contributed by atoms with Crippen molar-refractivity contribution in [3.63, 3.8) is 0 Å². The topological polar surface area (TPSA) is 102 Å². The average molecular weight is 390 g/mol. The molecule has 148 valence electrons. The Morgan fingerprint density at radius 3 is 2.79 bits per heavy atom. The maximum atomic E-state index is 11.9. The molecule has 0 aliphatic heterocycles. The number of hydrogen-bond donors (Lipinski definition) is 2. The number of aromatic nitrogens is 4. The minimum absolute atomic E-state index is 0.0421. The van der Waals surface area contributed by atoms with E-state index in [0.717, 1.165) is 22.4 Å². The molecule has 0 fully saturated rings. The zero-order chi connectivity index (χ0) is 20.8. The van der Waals surface area contributed by atoms with Crippen molar-refractivity contribution in [2.75, 3.05) is 17.7 Å². The van der Waals surface area contributed by atoms with Crippen LogP contribution in [0.3, 0.4) is 0 Å². The van der Waals surface area contributed by atoms with Gasteiger partial charge < -0.3 is 15.4 Å². The highest BCUT2D eigenvalue weighted by Gasteiger charge is 2.11. The Bertz CT molecular complexity index is 1050. The molecule has 3 aromatic rings. The Balaban J connectivity index is 1.87. The minimum Gasteiger partial charge on any atom is -0.480 e. The van der Waals surface area contributed by atoms with Crippen LogP contribution in [-0.2, 0) is 11.2 Å². The highest BCUT2D eigenvalue weighted by Crippen LogP contribution is 2.25. The summed E-state index contributed by atoms with van der Waals surface area (Å²) in [7, 11) is 1.52. The number of benzene rings is 1. The van der Waals surface area contributed by atoms with Gasteiger partial charge in [0.15, 0.2) is 5.78 Å². The van der Waals surface area contributed by atoms with E-state index in [4.69, 9.17) is 4.74 Å². The molecule has 8 nitrogen and oxygen atoms in total. The Morgan fingerprint density at radius 1 is 1.21 bits per heavy atom. The first-order valence-electron chi connectivity index (χ1n) is 8.97. The molecule has 0 atom stereocenters. The van der Waals surface area contributed by atoms with Crippen LogP contribution in [-0.4, -0.2) is 33.1 Å². The molecule has 0 aliphatic carbocycles. The van der Waals surface area contributed by atoms with Gasteiger partial charge in [0.1, 0.15) is 5.82 Å². The molecule has 0 bridgehead atoms. The van der Waals surface area contributed by atoms with Crippen molar-refractivity contribution in [1.29, 1.82) is 0 Å². The number of methoxy groups -OCH3 is 1. The number of ketones is 1. The van der Waals surface area contributed by atoms with Gasteiger partial charge in [-0.3, -0.25) is 4.79 Å². The quantitative estimate of drug-likeness (QED) is 0.562. The summed E-state index contributed by atoms with van der Waals surface area (Å²) in [4.78, 5) is 20.7. The Morgan fingerprint density at radius 2 is 2.03 bits per heavy atom. The second kappa shape index (κ2) is 8.92. The fourth-order valence-electron chi connectivity index (χ4n) is 2.65. The number of anilines is 4. The maximum Gasteiger partial charge on any atom is 0.235 e. The molecule has 0 saturated heterocycles. The van der Waals surface area contributed by atoms with Crippen LogP contribution >= 0.6 is 0 Å². The third-order valence-electron chi connectivity index (χ3n) is 4.18. The lowest BCUT2D eigenvalue weighted by molar-refractivity contribution is -0.114. The van der Waals surface area contributed by atoms with Crippen molar-refractivity contribution in [3.05, 3.63) is 66.0 Å². The van der Waals surface area contributed by atoms with Crippen molar-refractivity contribution >= 4 is 28.9 Å². The van der Waals surface area contributed by atoms with Gasteiger partial charge >= 0.3 is 0 Å². The van der Waals surface area contributed by atoms with Crippen molar-refractivity contribution in [1.82, 2.24) is 20.2 Å². The van der Waals surface area contributed by atoms with E-state index in [1.807, 2.05) is 32.0 Å². The number of ether oxygens (including phenoxy) is 1. The molecule has 0 unspecified atom stereocenters. The van der Waals surface area contributed by atoms with Crippen LogP contribution in [0, 0.1) is 13.8 Å². The Hall–Kier alpha value is -3.81. The first-order chi connectivity index (χ1) is 14.0. The summed E-state index contributed by atoms with van der Waals surface area (Å²) in [5.41, 5.74) is 4.28. The van der Waals surface area contributed by atoms with Crippen molar-refractivity contribution < 1.29 is 9.53 Å². The molecule has 0 radical (unpaired) electrons. The number of aryl methyl sites for hydroxylation is 2. The van der Waals surface area contributed by atoms with Crippen molar-refractivity contribution in [2.45, 2.75) is 20.3 Å². The average Bonchev–Trinajstić information content (AvgIpc) is 2.72. The zero-order valence-corrected chi connectivity index (χ0v) is 16.6. The number of rotatable bonds is 8. The summed E-state index contributed by atoms with van der Waals surface area (Å²) in [6.45, 7) is 7.45. The van der Waals surface area contributed by atoms with Gasteiger partial charge in [-0.15, -0.1) is 5.10 Å². The number of hydrogen-bond acceptors (Lipinski definition) is 8. The van der Waals surface area contributed by atoms with E-state index in [1.165, 1.54) is 13.2 Å². The van der Waals surface area contributed by atoms with E-state index in [0.29, 0.717) is 23.3 Å². The molecule has 2 heterocycles. The minimum atomic E-state index is -0.0421. The van der Waals surface area contributed by atoms with Gasteiger partial charge in [-0.1, -0.05) is 24.3 Å². The van der Waals surface area contributed by atoms with Gasteiger partial charge in [0, 0.05) is 29.9 Å². The van der Waals surface area contributed by atoms with Crippen LogP contribution in [0.4, 0.5) is 23.1 Å². The van der Waals surface area contributed by atoms with Gasteiger partial charge in [0.2, 0.25) is 11.8 Å². The lowest BCUT2D eigenvalue weighted by Crippen LogP contribution is -2.06. The van der Waals surface area contributed by atoms with E-state index in [9.17, 15) is 4.79 Å². The lowest BCUT2D eigenvalue weighted by atomic mass is 10.0. The molecule has 2 aromatic heterocycles. The molecule has 0 aliphatic rings. The SMILES string of the molecule is C=CC(=O)Cc1cc(C)ccc1Nc1nc(Nc2cnnc(OC)c2)ncc1C. The molecular formula is C21H22N6O2. The van der Waals surface area contributed by atoms with Gasteiger partial charge in [-0.25, -0.2) is 4.98 Å². The van der Waals surface area contributed by atoms with Crippen LogP contribution in [0.2, 0.25) is 0 Å². The number of carbonyl (C=O) groups is 1. The largest absolute Gasteiger partial charge is 0.480 e. The molecule has 8 heteroatoms. The zero-order valence-electron chi connectivity index (χ0n) is 16.6. The summed E-state index contributed by atoms with van der Waals surface area (Å²) in [5.74, 6) is 1.37. The summed E-state index contributed by atoms with van der Waals surface area (Å²) >= 11 is 0. The molecule has 0 saturated carbocycles. The molecule has 29 heavy (non-hydrogen) atoms. The summed E-state index contributed by atoms with van der Waals surface area (Å²) in [5, 5.41) is 14.1. The van der Waals surface area contributed by atoms with Gasteiger partial charge in [-0.2, -0.15) is 10.1 Å². The lowest BCUT2D eigenvalue weighted by Gasteiger charge is -2.14. The van der Waals surface area contributed by atoms with E-state index in [-0.39, 0.29) is 12.2 Å². The van der Waals surface area contributed by atoms with E-state index in [2.05, 4.69) is 37.4 Å². The maximum absolute atomic E-state index is 11.9. The fourth-order valence-corrected chi connectivity index (χ4v) is 2.65. The number of nitrogens with zero attached hydrogens (tertiary/aromatic N) is 4. The summed E-state index contributed by atoms with van der Waals surface area (Å²) in [6.07, 6.45) is 4.87. The van der Waals surface area contributed by atoms with Crippen LogP contribution in [0.25, 0.3) is 0 Å². The van der Waals surface area contributed by atoms with Gasteiger partial charge in [-0.05, 0) is 31.6 Å².